The lowest BCUT2D eigenvalue weighted by molar-refractivity contribution is -0.132. The van der Waals surface area contributed by atoms with E-state index in [1.807, 2.05) is 64.1 Å². The van der Waals surface area contributed by atoms with Crippen molar-refractivity contribution in [3.8, 4) is 11.3 Å². The van der Waals surface area contributed by atoms with E-state index >= 15 is 0 Å². The van der Waals surface area contributed by atoms with Gasteiger partial charge in [-0.2, -0.15) is 0 Å². The van der Waals surface area contributed by atoms with Gasteiger partial charge < -0.3 is 14.3 Å². The van der Waals surface area contributed by atoms with Crippen molar-refractivity contribution in [3.05, 3.63) is 77.2 Å². The number of likely N-dealkylation sites (tertiary alicyclic amines) is 1. The quantitative estimate of drug-likeness (QED) is 0.537. The maximum absolute atomic E-state index is 12.7. The van der Waals surface area contributed by atoms with Crippen LogP contribution in [0.2, 0.25) is 0 Å². The molecule has 0 saturated carbocycles. The first-order valence-electron chi connectivity index (χ1n) is 10.7. The molecule has 1 aliphatic rings. The zero-order valence-corrected chi connectivity index (χ0v) is 17.2. The number of carbonyl (C=O) groups is 1. The molecule has 3 heterocycles. The van der Waals surface area contributed by atoms with Crippen molar-refractivity contribution >= 4 is 16.9 Å². The minimum atomic E-state index is -0.0795. The van der Waals surface area contributed by atoms with E-state index in [9.17, 15) is 9.59 Å². The number of aromatic nitrogens is 3. The molecule has 158 valence electrons. The fourth-order valence-corrected chi connectivity index (χ4v) is 4.34. The number of para-hydroxylation sites is 2. The van der Waals surface area contributed by atoms with Crippen LogP contribution in [0.4, 0.5) is 0 Å². The third-order valence-electron chi connectivity index (χ3n) is 5.97. The van der Waals surface area contributed by atoms with E-state index in [4.69, 9.17) is 4.42 Å². The molecular weight excluding hydrogens is 392 g/mol. The number of nitrogens with one attached hydrogen (secondary N) is 1. The summed E-state index contributed by atoms with van der Waals surface area (Å²) in [5.74, 6) is 1.39. The molecule has 2 aromatic heterocycles. The van der Waals surface area contributed by atoms with Crippen molar-refractivity contribution in [2.45, 2.75) is 31.7 Å². The van der Waals surface area contributed by atoms with Gasteiger partial charge in [-0.1, -0.05) is 42.5 Å². The van der Waals surface area contributed by atoms with Crippen molar-refractivity contribution < 1.29 is 9.21 Å². The number of hydrogen-bond donors (Lipinski definition) is 1. The predicted octanol–water partition coefficient (Wildman–Crippen LogP) is 3.78. The van der Waals surface area contributed by atoms with Gasteiger partial charge in [0.15, 0.2) is 11.7 Å². The Bertz CT molecular complexity index is 1250. The van der Waals surface area contributed by atoms with Crippen LogP contribution >= 0.6 is 0 Å². The molecule has 1 N–H and O–H groups in total. The molecule has 0 aliphatic carbocycles. The third kappa shape index (κ3) is 3.91. The zero-order valence-electron chi connectivity index (χ0n) is 17.2. The second kappa shape index (κ2) is 8.26. The van der Waals surface area contributed by atoms with Gasteiger partial charge in [0.2, 0.25) is 5.91 Å². The van der Waals surface area contributed by atoms with E-state index in [0.29, 0.717) is 37.6 Å². The lowest BCUT2D eigenvalue weighted by atomic mass is 10.0. The van der Waals surface area contributed by atoms with Crippen LogP contribution in [0.1, 0.15) is 31.2 Å². The number of imidazole rings is 1. The van der Waals surface area contributed by atoms with Crippen LogP contribution in [-0.2, 0) is 11.2 Å². The number of oxazole rings is 1. The number of fused-ring (bicyclic) bond motifs is 1. The summed E-state index contributed by atoms with van der Waals surface area (Å²) >= 11 is 0. The molecule has 1 saturated heterocycles. The highest BCUT2D eigenvalue weighted by Crippen LogP contribution is 2.25. The molecule has 0 unspecified atom stereocenters. The number of piperidine rings is 1. The van der Waals surface area contributed by atoms with E-state index in [-0.39, 0.29) is 17.6 Å². The van der Waals surface area contributed by atoms with E-state index in [2.05, 4.69) is 9.97 Å². The van der Waals surface area contributed by atoms with E-state index < -0.39 is 0 Å². The largest absolute Gasteiger partial charge is 0.441 e. The summed E-state index contributed by atoms with van der Waals surface area (Å²) in [4.78, 5) is 34.3. The number of carbonyl (C=O) groups excluding carboxylic acids is 1. The Balaban J connectivity index is 1.18. The molecule has 5 rings (SSSR count). The average molecular weight is 416 g/mol. The maximum atomic E-state index is 12.7. The number of benzene rings is 2. The predicted molar refractivity (Wildman–Crippen MR) is 118 cm³/mol. The van der Waals surface area contributed by atoms with Crippen molar-refractivity contribution in [3.63, 3.8) is 0 Å². The SMILES string of the molecule is O=C(CCc1ncc(-c2ccccc2)o1)N1CCC(n2c(=O)[nH]c3ccccc32)CC1. The van der Waals surface area contributed by atoms with Crippen molar-refractivity contribution in [1.82, 2.24) is 19.4 Å². The van der Waals surface area contributed by atoms with Crippen molar-refractivity contribution in [2.75, 3.05) is 13.1 Å². The standard InChI is InChI=1S/C24H24N4O3/c29-23(11-10-22-25-16-21(31-22)17-6-2-1-3-7-17)27-14-12-18(13-15-27)28-20-9-5-4-8-19(20)26-24(28)30/h1-9,16,18H,10-15H2,(H,26,30). The first-order chi connectivity index (χ1) is 15.2. The molecule has 4 aromatic rings. The van der Waals surface area contributed by atoms with E-state index in [1.165, 1.54) is 0 Å². The van der Waals surface area contributed by atoms with E-state index in [0.717, 1.165) is 29.4 Å². The molecule has 0 radical (unpaired) electrons. The van der Waals surface area contributed by atoms with Crippen LogP contribution in [0.3, 0.4) is 0 Å². The minimum Gasteiger partial charge on any atom is -0.441 e. The number of aromatic amines is 1. The van der Waals surface area contributed by atoms with Gasteiger partial charge in [0.25, 0.3) is 0 Å². The maximum Gasteiger partial charge on any atom is 0.326 e. The minimum absolute atomic E-state index is 0.0795. The first-order valence-corrected chi connectivity index (χ1v) is 10.7. The van der Waals surface area contributed by atoms with Crippen LogP contribution < -0.4 is 5.69 Å². The Kier molecular flexibility index (Phi) is 5.16. The molecule has 0 spiro atoms. The molecule has 7 nitrogen and oxygen atoms in total. The van der Waals surface area contributed by atoms with Gasteiger partial charge in [-0.25, -0.2) is 9.78 Å². The van der Waals surface area contributed by atoms with Crippen LogP contribution in [0, 0.1) is 0 Å². The fourth-order valence-electron chi connectivity index (χ4n) is 4.34. The van der Waals surface area contributed by atoms with Crippen LogP contribution in [0.15, 0.2) is 70.0 Å². The van der Waals surface area contributed by atoms with Gasteiger partial charge in [0, 0.05) is 37.5 Å². The number of amides is 1. The molecule has 1 fully saturated rings. The molecule has 2 aromatic carbocycles. The molecule has 1 amide bonds. The van der Waals surface area contributed by atoms with E-state index in [1.54, 1.807) is 6.20 Å². The van der Waals surface area contributed by atoms with Crippen LogP contribution in [-0.4, -0.2) is 38.4 Å². The van der Waals surface area contributed by atoms with Gasteiger partial charge in [-0.15, -0.1) is 0 Å². The molecular formula is C24H24N4O3. The number of rotatable bonds is 5. The Hall–Kier alpha value is -3.61. The number of H-pyrrole nitrogens is 1. The molecule has 0 bridgehead atoms. The Labute approximate surface area is 179 Å². The topological polar surface area (TPSA) is 84.1 Å². The second-order valence-corrected chi connectivity index (χ2v) is 7.91. The van der Waals surface area contributed by atoms with Gasteiger partial charge >= 0.3 is 5.69 Å². The third-order valence-corrected chi connectivity index (χ3v) is 5.97. The number of aryl methyl sites for hydroxylation is 1. The molecule has 7 heteroatoms. The zero-order chi connectivity index (χ0) is 21.2. The number of nitrogens with zero attached hydrogens (tertiary/aromatic N) is 3. The summed E-state index contributed by atoms with van der Waals surface area (Å²) in [6, 6.07) is 17.6. The van der Waals surface area contributed by atoms with Crippen LogP contribution in [0.5, 0.6) is 0 Å². The summed E-state index contributed by atoms with van der Waals surface area (Å²) in [5.41, 5.74) is 2.67. The molecule has 31 heavy (non-hydrogen) atoms. The highest BCUT2D eigenvalue weighted by molar-refractivity contribution is 5.77. The Morgan fingerprint density at radius 3 is 2.61 bits per heavy atom. The lowest BCUT2D eigenvalue weighted by Crippen LogP contribution is -2.40. The summed E-state index contributed by atoms with van der Waals surface area (Å²) in [6.45, 7) is 1.30. The Morgan fingerprint density at radius 1 is 1.06 bits per heavy atom. The summed E-state index contributed by atoms with van der Waals surface area (Å²) in [5, 5.41) is 0. The van der Waals surface area contributed by atoms with Crippen LogP contribution in [0.25, 0.3) is 22.4 Å². The highest BCUT2D eigenvalue weighted by Gasteiger charge is 2.26. The fraction of sp³-hybridized carbons (Fsp3) is 0.292. The second-order valence-electron chi connectivity index (χ2n) is 7.91. The monoisotopic (exact) mass is 416 g/mol. The van der Waals surface area contributed by atoms with Gasteiger partial charge in [0.1, 0.15) is 0 Å². The highest BCUT2D eigenvalue weighted by atomic mass is 16.4. The normalized spacial score (nSPS) is 14.9. The summed E-state index contributed by atoms with van der Waals surface area (Å²) < 4.78 is 7.65. The number of hydrogen-bond acceptors (Lipinski definition) is 4. The van der Waals surface area contributed by atoms with Gasteiger partial charge in [-0.3, -0.25) is 9.36 Å². The smallest absolute Gasteiger partial charge is 0.326 e. The van der Waals surface area contributed by atoms with Gasteiger partial charge in [-0.05, 0) is 25.0 Å². The first kappa shape index (κ1) is 19.4. The van der Waals surface area contributed by atoms with Gasteiger partial charge in [0.05, 0.1) is 17.2 Å². The Morgan fingerprint density at radius 2 is 1.81 bits per heavy atom. The molecule has 1 aliphatic heterocycles. The lowest BCUT2D eigenvalue weighted by Gasteiger charge is -2.32. The molecule has 0 atom stereocenters. The van der Waals surface area contributed by atoms with Crippen molar-refractivity contribution in [1.29, 1.82) is 0 Å². The average Bonchev–Trinajstić information content (AvgIpc) is 3.42. The summed E-state index contributed by atoms with van der Waals surface area (Å²) in [7, 11) is 0. The summed E-state index contributed by atoms with van der Waals surface area (Å²) in [6.07, 6.45) is 4.09. The van der Waals surface area contributed by atoms with Crippen molar-refractivity contribution in [2.24, 2.45) is 0 Å².